The number of hydrogen-bond donors (Lipinski definition) is 1. The molecule has 0 aliphatic carbocycles. The molecule has 1 unspecified atom stereocenters. The molecule has 3 aromatic rings. The Balaban J connectivity index is 1.48. The first kappa shape index (κ1) is 21.9. The second-order valence-corrected chi connectivity index (χ2v) is 9.54. The van der Waals surface area contributed by atoms with Crippen LogP contribution >= 0.6 is 0 Å². The van der Waals surface area contributed by atoms with Gasteiger partial charge in [-0.25, -0.2) is 17.8 Å². The highest BCUT2D eigenvalue weighted by Gasteiger charge is 2.30. The third kappa shape index (κ3) is 4.35. The average molecular weight is 453 g/mol. The van der Waals surface area contributed by atoms with E-state index in [1.54, 1.807) is 23.1 Å². The Bertz CT molecular complexity index is 1320. The molecule has 1 aliphatic rings. The third-order valence-electron chi connectivity index (χ3n) is 5.47. The van der Waals surface area contributed by atoms with Gasteiger partial charge in [-0.15, -0.1) is 0 Å². The van der Waals surface area contributed by atoms with Crippen molar-refractivity contribution in [3.63, 3.8) is 0 Å². The van der Waals surface area contributed by atoms with Gasteiger partial charge in [0.2, 0.25) is 15.9 Å². The zero-order chi connectivity index (χ0) is 22.9. The van der Waals surface area contributed by atoms with Crippen LogP contribution in [0.3, 0.4) is 0 Å². The van der Waals surface area contributed by atoms with Gasteiger partial charge in [0.1, 0.15) is 0 Å². The van der Waals surface area contributed by atoms with Gasteiger partial charge in [0.25, 0.3) is 5.56 Å². The number of hydrogen-bond acceptors (Lipinski definition) is 5. The second kappa shape index (κ2) is 8.68. The quantitative estimate of drug-likeness (QED) is 0.618. The van der Waals surface area contributed by atoms with Crippen molar-refractivity contribution >= 4 is 21.6 Å². The minimum atomic E-state index is -3.78. The minimum Gasteiger partial charge on any atom is -0.309 e. The summed E-state index contributed by atoms with van der Waals surface area (Å²) in [5, 5.41) is 4.35. The van der Waals surface area contributed by atoms with Crippen molar-refractivity contribution in [2.75, 3.05) is 11.4 Å². The van der Waals surface area contributed by atoms with Crippen molar-refractivity contribution in [1.29, 1.82) is 0 Å². The number of carbonyl (C=O) groups is 1. The van der Waals surface area contributed by atoms with Crippen molar-refractivity contribution in [2.45, 2.75) is 37.8 Å². The average Bonchev–Trinajstić information content (AvgIpc) is 3.10. The Labute approximate surface area is 186 Å². The number of sulfonamides is 1. The molecule has 0 saturated carbocycles. The Morgan fingerprint density at radius 3 is 2.59 bits per heavy atom. The summed E-state index contributed by atoms with van der Waals surface area (Å²) in [6, 6.07) is 17.3. The SMILES string of the molecule is CC(=O)N1c2ccc(S(=O)(=O)NCCn3nc(-c4ccccc4)ccc3=O)cc2CC1C. The number of nitrogens with one attached hydrogen (secondary N) is 1. The predicted molar refractivity (Wildman–Crippen MR) is 122 cm³/mol. The van der Waals surface area contributed by atoms with E-state index in [9.17, 15) is 18.0 Å². The normalized spacial score (nSPS) is 15.6. The standard InChI is InChI=1S/C23H24N4O4S/c1-16-14-19-15-20(8-10-22(19)27(16)17(2)28)32(30,31)24-12-13-26-23(29)11-9-21(25-26)18-6-4-3-5-7-18/h3-11,15-16,24H,12-14H2,1-2H3. The van der Waals surface area contributed by atoms with Crippen LogP contribution in [0.15, 0.2) is 70.4 Å². The number of amides is 1. The summed E-state index contributed by atoms with van der Waals surface area (Å²) in [6.45, 7) is 3.54. The zero-order valence-electron chi connectivity index (χ0n) is 17.9. The molecule has 0 fully saturated rings. The maximum absolute atomic E-state index is 12.8. The van der Waals surface area contributed by atoms with Gasteiger partial charge < -0.3 is 4.90 Å². The molecule has 4 rings (SSSR count). The van der Waals surface area contributed by atoms with Crippen LogP contribution in [0.1, 0.15) is 19.4 Å². The molecular formula is C23H24N4O4S. The van der Waals surface area contributed by atoms with E-state index in [0.29, 0.717) is 12.1 Å². The van der Waals surface area contributed by atoms with Crippen LogP contribution in [0.4, 0.5) is 5.69 Å². The largest absolute Gasteiger partial charge is 0.309 e. The van der Waals surface area contributed by atoms with E-state index in [0.717, 1.165) is 16.8 Å². The Hall–Kier alpha value is -3.30. The highest BCUT2D eigenvalue weighted by Crippen LogP contribution is 2.33. The lowest BCUT2D eigenvalue weighted by Gasteiger charge is -2.20. The predicted octanol–water partition coefficient (Wildman–Crippen LogP) is 2.19. The summed E-state index contributed by atoms with van der Waals surface area (Å²) in [5.74, 6) is -0.0688. The molecule has 0 radical (unpaired) electrons. The molecule has 0 spiro atoms. The molecule has 166 valence electrons. The number of carbonyl (C=O) groups excluding carboxylic acids is 1. The van der Waals surface area contributed by atoms with Gasteiger partial charge >= 0.3 is 0 Å². The van der Waals surface area contributed by atoms with Crippen LogP contribution in [-0.2, 0) is 27.8 Å². The lowest BCUT2D eigenvalue weighted by Crippen LogP contribution is -2.33. The molecule has 1 aliphatic heterocycles. The molecule has 1 N–H and O–H groups in total. The maximum atomic E-state index is 12.8. The van der Waals surface area contributed by atoms with Crippen molar-refractivity contribution in [3.8, 4) is 11.3 Å². The van der Waals surface area contributed by atoms with Crippen LogP contribution < -0.4 is 15.2 Å². The molecule has 2 heterocycles. The van der Waals surface area contributed by atoms with Crippen LogP contribution in [0.25, 0.3) is 11.3 Å². The fraction of sp³-hybridized carbons (Fsp3) is 0.261. The summed E-state index contributed by atoms with van der Waals surface area (Å²) in [7, 11) is -3.78. The van der Waals surface area contributed by atoms with Gasteiger partial charge in [-0.05, 0) is 43.2 Å². The first-order valence-electron chi connectivity index (χ1n) is 10.3. The molecule has 0 bridgehead atoms. The number of rotatable bonds is 6. The lowest BCUT2D eigenvalue weighted by molar-refractivity contribution is -0.116. The van der Waals surface area contributed by atoms with E-state index in [1.807, 2.05) is 37.3 Å². The summed E-state index contributed by atoms with van der Waals surface area (Å²) < 4.78 is 29.4. The molecule has 8 nitrogen and oxygen atoms in total. The van der Waals surface area contributed by atoms with Gasteiger partial charge in [0.05, 0.1) is 17.1 Å². The lowest BCUT2D eigenvalue weighted by atomic mass is 10.1. The van der Waals surface area contributed by atoms with Gasteiger partial charge in [-0.2, -0.15) is 5.10 Å². The molecule has 32 heavy (non-hydrogen) atoms. The minimum absolute atomic E-state index is 0.0109. The number of benzene rings is 2. The van der Waals surface area contributed by atoms with Crippen LogP contribution in [0.5, 0.6) is 0 Å². The highest BCUT2D eigenvalue weighted by atomic mass is 32.2. The third-order valence-corrected chi connectivity index (χ3v) is 6.93. The fourth-order valence-electron chi connectivity index (χ4n) is 4.00. The van der Waals surface area contributed by atoms with Crippen molar-refractivity contribution < 1.29 is 13.2 Å². The number of anilines is 1. The van der Waals surface area contributed by atoms with E-state index < -0.39 is 10.0 Å². The fourth-order valence-corrected chi connectivity index (χ4v) is 5.07. The Kier molecular flexibility index (Phi) is 5.94. The topological polar surface area (TPSA) is 101 Å². The van der Waals surface area contributed by atoms with Crippen molar-refractivity contribution in [3.05, 3.63) is 76.6 Å². The molecule has 1 amide bonds. The Morgan fingerprint density at radius 1 is 1.12 bits per heavy atom. The first-order valence-corrected chi connectivity index (χ1v) is 11.8. The van der Waals surface area contributed by atoms with Crippen LogP contribution in [0.2, 0.25) is 0 Å². The highest BCUT2D eigenvalue weighted by molar-refractivity contribution is 7.89. The zero-order valence-corrected chi connectivity index (χ0v) is 18.7. The summed E-state index contributed by atoms with van der Waals surface area (Å²) in [5.41, 5.74) is 2.77. The first-order chi connectivity index (χ1) is 15.3. The molecule has 1 atom stereocenters. The number of nitrogens with zero attached hydrogens (tertiary/aromatic N) is 3. The van der Waals surface area contributed by atoms with Gasteiger partial charge in [-0.3, -0.25) is 9.59 Å². The molecule has 0 saturated heterocycles. The van der Waals surface area contributed by atoms with Gasteiger partial charge in [-0.1, -0.05) is 30.3 Å². The molecular weight excluding hydrogens is 428 g/mol. The van der Waals surface area contributed by atoms with Crippen molar-refractivity contribution in [2.24, 2.45) is 0 Å². The molecule has 1 aromatic heterocycles. The maximum Gasteiger partial charge on any atom is 0.266 e. The van der Waals surface area contributed by atoms with Crippen molar-refractivity contribution in [1.82, 2.24) is 14.5 Å². The van der Waals surface area contributed by atoms with Crippen LogP contribution in [0, 0.1) is 0 Å². The summed E-state index contributed by atoms with van der Waals surface area (Å²) in [4.78, 5) is 25.9. The van der Waals surface area contributed by atoms with Gasteiger partial charge in [0.15, 0.2) is 0 Å². The van der Waals surface area contributed by atoms with Crippen LogP contribution in [-0.4, -0.2) is 36.7 Å². The van der Waals surface area contributed by atoms with E-state index in [1.165, 1.54) is 23.7 Å². The second-order valence-electron chi connectivity index (χ2n) is 7.78. The summed E-state index contributed by atoms with van der Waals surface area (Å²) >= 11 is 0. The van der Waals surface area contributed by atoms with E-state index in [-0.39, 0.29) is 35.5 Å². The monoisotopic (exact) mass is 452 g/mol. The molecule has 2 aromatic carbocycles. The summed E-state index contributed by atoms with van der Waals surface area (Å²) in [6.07, 6.45) is 0.601. The smallest absolute Gasteiger partial charge is 0.266 e. The molecule has 9 heteroatoms. The number of fused-ring (bicyclic) bond motifs is 1. The van der Waals surface area contributed by atoms with E-state index >= 15 is 0 Å². The van der Waals surface area contributed by atoms with Gasteiger partial charge in [0, 0.05) is 36.8 Å². The van der Waals surface area contributed by atoms with E-state index in [4.69, 9.17) is 0 Å². The number of aromatic nitrogens is 2. The van der Waals surface area contributed by atoms with E-state index in [2.05, 4.69) is 9.82 Å². The Morgan fingerprint density at radius 2 is 1.88 bits per heavy atom.